The molecule has 0 saturated carbocycles. The second kappa shape index (κ2) is 7.21. The van der Waals surface area contributed by atoms with Crippen LogP contribution in [0.3, 0.4) is 0 Å². The maximum Gasteiger partial charge on any atom is 0.116 e. The summed E-state index contributed by atoms with van der Waals surface area (Å²) in [5.41, 5.74) is 1.21. The van der Waals surface area contributed by atoms with Gasteiger partial charge in [0.2, 0.25) is 0 Å². The molecule has 0 bridgehead atoms. The standard InChI is InChI=1S/C14H18N4S/c1-3-7-16-11(2)12-5-4-8-17-14(12)19-13-6-9-15-10-18-13/h4-6,8-11,16H,3,7H2,1-2H3. The predicted molar refractivity (Wildman–Crippen MR) is 77.1 cm³/mol. The Morgan fingerprint density at radius 3 is 2.89 bits per heavy atom. The van der Waals surface area contributed by atoms with E-state index in [2.05, 4.69) is 40.2 Å². The first kappa shape index (κ1) is 14.0. The van der Waals surface area contributed by atoms with Crippen LogP contribution in [0.2, 0.25) is 0 Å². The van der Waals surface area contributed by atoms with E-state index in [0.717, 1.165) is 23.0 Å². The Labute approximate surface area is 118 Å². The number of pyridine rings is 1. The van der Waals surface area contributed by atoms with E-state index in [0.29, 0.717) is 0 Å². The number of nitrogens with one attached hydrogen (secondary N) is 1. The van der Waals surface area contributed by atoms with Crippen LogP contribution in [0, 0.1) is 0 Å². The molecule has 2 heterocycles. The lowest BCUT2D eigenvalue weighted by atomic mass is 10.1. The molecule has 2 aromatic rings. The molecule has 0 fully saturated rings. The SMILES string of the molecule is CCCNC(C)c1cccnc1Sc1ccncn1. The van der Waals surface area contributed by atoms with Crippen molar-refractivity contribution in [2.45, 2.75) is 36.4 Å². The lowest BCUT2D eigenvalue weighted by Gasteiger charge is -2.16. The number of hydrogen-bond acceptors (Lipinski definition) is 5. The van der Waals surface area contributed by atoms with Gasteiger partial charge in [-0.2, -0.15) is 0 Å². The summed E-state index contributed by atoms with van der Waals surface area (Å²) in [6, 6.07) is 6.28. The molecule has 0 aliphatic rings. The zero-order chi connectivity index (χ0) is 13.5. The van der Waals surface area contributed by atoms with Gasteiger partial charge in [-0.1, -0.05) is 13.0 Å². The molecule has 1 N–H and O–H groups in total. The first-order valence-electron chi connectivity index (χ1n) is 6.43. The predicted octanol–water partition coefficient (Wildman–Crippen LogP) is 3.08. The number of aromatic nitrogens is 3. The molecule has 0 amide bonds. The molecule has 1 atom stereocenters. The van der Waals surface area contributed by atoms with E-state index in [1.807, 2.05) is 18.3 Å². The van der Waals surface area contributed by atoms with Gasteiger partial charge < -0.3 is 5.32 Å². The Morgan fingerprint density at radius 2 is 2.16 bits per heavy atom. The highest BCUT2D eigenvalue weighted by atomic mass is 32.2. The molecule has 0 spiro atoms. The summed E-state index contributed by atoms with van der Waals surface area (Å²) >= 11 is 1.57. The monoisotopic (exact) mass is 274 g/mol. The number of rotatable bonds is 6. The van der Waals surface area contributed by atoms with E-state index in [-0.39, 0.29) is 6.04 Å². The van der Waals surface area contributed by atoms with Crippen molar-refractivity contribution in [2.24, 2.45) is 0 Å². The van der Waals surface area contributed by atoms with Crippen molar-refractivity contribution in [3.63, 3.8) is 0 Å². The van der Waals surface area contributed by atoms with Gasteiger partial charge in [0.1, 0.15) is 16.4 Å². The summed E-state index contributed by atoms with van der Waals surface area (Å²) in [6.45, 7) is 5.34. The van der Waals surface area contributed by atoms with Crippen LogP contribution >= 0.6 is 11.8 Å². The molecule has 2 rings (SSSR count). The van der Waals surface area contributed by atoms with Crippen molar-refractivity contribution in [2.75, 3.05) is 6.54 Å². The van der Waals surface area contributed by atoms with Gasteiger partial charge in [-0.05, 0) is 43.8 Å². The quantitative estimate of drug-likeness (QED) is 0.820. The second-order valence-electron chi connectivity index (χ2n) is 4.22. The maximum atomic E-state index is 4.47. The third kappa shape index (κ3) is 4.01. The fraction of sp³-hybridized carbons (Fsp3) is 0.357. The van der Waals surface area contributed by atoms with Crippen LogP contribution in [-0.2, 0) is 0 Å². The van der Waals surface area contributed by atoms with Crippen molar-refractivity contribution in [1.29, 1.82) is 0 Å². The molecule has 0 saturated heterocycles. The molecule has 0 aliphatic heterocycles. The Balaban J connectivity index is 2.16. The summed E-state index contributed by atoms with van der Waals surface area (Å²) < 4.78 is 0. The summed E-state index contributed by atoms with van der Waals surface area (Å²) in [5.74, 6) is 0. The zero-order valence-electron chi connectivity index (χ0n) is 11.2. The Morgan fingerprint density at radius 1 is 1.26 bits per heavy atom. The molecule has 0 radical (unpaired) electrons. The van der Waals surface area contributed by atoms with Crippen LogP contribution in [0.5, 0.6) is 0 Å². The highest BCUT2D eigenvalue weighted by Crippen LogP contribution is 2.29. The van der Waals surface area contributed by atoms with Crippen LogP contribution in [-0.4, -0.2) is 21.5 Å². The lowest BCUT2D eigenvalue weighted by molar-refractivity contribution is 0.560. The third-order valence-corrected chi connectivity index (χ3v) is 3.71. The fourth-order valence-electron chi connectivity index (χ4n) is 1.73. The topological polar surface area (TPSA) is 50.7 Å². The highest BCUT2D eigenvalue weighted by Gasteiger charge is 2.12. The molecule has 1 unspecified atom stereocenters. The molecule has 0 aliphatic carbocycles. The number of hydrogen-bond donors (Lipinski definition) is 1. The summed E-state index contributed by atoms with van der Waals surface area (Å²) in [4.78, 5) is 12.6. The van der Waals surface area contributed by atoms with Gasteiger partial charge >= 0.3 is 0 Å². The first-order valence-corrected chi connectivity index (χ1v) is 7.25. The van der Waals surface area contributed by atoms with Gasteiger partial charge in [-0.15, -0.1) is 0 Å². The van der Waals surface area contributed by atoms with E-state index in [1.54, 1.807) is 24.3 Å². The van der Waals surface area contributed by atoms with Gasteiger partial charge in [0.25, 0.3) is 0 Å². The van der Waals surface area contributed by atoms with Crippen molar-refractivity contribution in [1.82, 2.24) is 20.3 Å². The van der Waals surface area contributed by atoms with E-state index in [1.165, 1.54) is 5.56 Å². The lowest BCUT2D eigenvalue weighted by Crippen LogP contribution is -2.20. The normalized spacial score (nSPS) is 12.3. The maximum absolute atomic E-state index is 4.47. The smallest absolute Gasteiger partial charge is 0.116 e. The third-order valence-electron chi connectivity index (χ3n) is 2.72. The summed E-state index contributed by atoms with van der Waals surface area (Å²) in [6.07, 6.45) is 6.25. The average molecular weight is 274 g/mol. The van der Waals surface area contributed by atoms with Crippen LogP contribution in [0.4, 0.5) is 0 Å². The van der Waals surface area contributed by atoms with Gasteiger partial charge in [-0.25, -0.2) is 15.0 Å². The van der Waals surface area contributed by atoms with Crippen molar-refractivity contribution < 1.29 is 0 Å². The molecule has 19 heavy (non-hydrogen) atoms. The van der Waals surface area contributed by atoms with E-state index in [9.17, 15) is 0 Å². The molecule has 100 valence electrons. The van der Waals surface area contributed by atoms with Crippen LogP contribution in [0.1, 0.15) is 31.9 Å². The van der Waals surface area contributed by atoms with Gasteiger partial charge in [0, 0.05) is 24.0 Å². The van der Waals surface area contributed by atoms with Crippen molar-refractivity contribution in [3.8, 4) is 0 Å². The molecule has 4 nitrogen and oxygen atoms in total. The van der Waals surface area contributed by atoms with Crippen molar-refractivity contribution >= 4 is 11.8 Å². The minimum atomic E-state index is 0.290. The van der Waals surface area contributed by atoms with Gasteiger partial charge in [0.05, 0.1) is 0 Å². The Kier molecular flexibility index (Phi) is 5.30. The molecule has 0 aromatic carbocycles. The second-order valence-corrected chi connectivity index (χ2v) is 5.23. The van der Waals surface area contributed by atoms with E-state index < -0.39 is 0 Å². The number of nitrogens with zero attached hydrogens (tertiary/aromatic N) is 3. The van der Waals surface area contributed by atoms with Crippen molar-refractivity contribution in [3.05, 3.63) is 42.5 Å². The van der Waals surface area contributed by atoms with Gasteiger partial charge in [-0.3, -0.25) is 0 Å². The molecular weight excluding hydrogens is 256 g/mol. The van der Waals surface area contributed by atoms with E-state index in [4.69, 9.17) is 0 Å². The summed E-state index contributed by atoms with van der Waals surface area (Å²) in [7, 11) is 0. The average Bonchev–Trinajstić information content (AvgIpc) is 2.46. The van der Waals surface area contributed by atoms with Gasteiger partial charge in [0.15, 0.2) is 0 Å². The van der Waals surface area contributed by atoms with Crippen LogP contribution in [0.15, 0.2) is 47.0 Å². The minimum Gasteiger partial charge on any atom is -0.310 e. The van der Waals surface area contributed by atoms with Crippen LogP contribution < -0.4 is 5.32 Å². The summed E-state index contributed by atoms with van der Waals surface area (Å²) in [5, 5.41) is 5.40. The molecule has 2 aromatic heterocycles. The molecular formula is C14H18N4S. The largest absolute Gasteiger partial charge is 0.310 e. The first-order chi connectivity index (χ1) is 9.31. The van der Waals surface area contributed by atoms with Crippen LogP contribution in [0.25, 0.3) is 0 Å². The molecule has 5 heteroatoms. The Bertz CT molecular complexity index is 504. The zero-order valence-corrected chi connectivity index (χ0v) is 12.0. The minimum absolute atomic E-state index is 0.290. The fourth-order valence-corrected chi connectivity index (χ4v) is 2.63. The Hall–Kier alpha value is -1.46. The highest BCUT2D eigenvalue weighted by molar-refractivity contribution is 7.99. The van der Waals surface area contributed by atoms with E-state index >= 15 is 0 Å².